The number of alkyl halides is 6. The fourth-order valence-corrected chi connectivity index (χ4v) is 8.61. The van der Waals surface area contributed by atoms with E-state index < -0.39 is 23.5 Å². The first-order chi connectivity index (χ1) is 29.0. The summed E-state index contributed by atoms with van der Waals surface area (Å²) in [6.07, 6.45) is -9.19. The molecule has 0 saturated heterocycles. The predicted octanol–water partition coefficient (Wildman–Crippen LogP) is 15.9. The molecule has 60 heavy (non-hydrogen) atoms. The summed E-state index contributed by atoms with van der Waals surface area (Å²) in [7, 11) is 0. The van der Waals surface area contributed by atoms with Crippen molar-refractivity contribution in [3.05, 3.63) is 205 Å². The summed E-state index contributed by atoms with van der Waals surface area (Å²) in [5.74, 6) is 0. The lowest BCUT2D eigenvalue weighted by molar-refractivity contribution is -0.138. The van der Waals surface area contributed by atoms with E-state index in [-0.39, 0.29) is 0 Å². The molecule has 8 heteroatoms. The van der Waals surface area contributed by atoms with Crippen molar-refractivity contribution in [1.82, 2.24) is 4.57 Å². The molecule has 10 rings (SSSR count). The first-order valence-corrected chi connectivity index (χ1v) is 19.3. The van der Waals surface area contributed by atoms with Gasteiger partial charge in [0.2, 0.25) is 0 Å². The number of benzene rings is 9. The zero-order valence-electron chi connectivity index (χ0n) is 31.6. The fraction of sp³-hybridized carbons (Fsp3) is 0.0385. The van der Waals surface area contributed by atoms with E-state index in [1.54, 1.807) is 24.3 Å². The van der Waals surface area contributed by atoms with Gasteiger partial charge in [-0.2, -0.15) is 26.3 Å². The lowest BCUT2D eigenvalue weighted by Gasteiger charge is -2.27. The topological polar surface area (TPSA) is 8.17 Å². The number of fused-ring (bicyclic) bond motifs is 5. The number of nitrogens with zero attached hydrogens (tertiary/aromatic N) is 2. The summed E-state index contributed by atoms with van der Waals surface area (Å²) in [4.78, 5) is 2.10. The van der Waals surface area contributed by atoms with Gasteiger partial charge in [-0.1, -0.05) is 109 Å². The molecule has 0 aliphatic heterocycles. The average molecular weight is 799 g/mol. The third kappa shape index (κ3) is 6.32. The van der Waals surface area contributed by atoms with E-state index in [1.807, 2.05) is 91.0 Å². The third-order valence-electron chi connectivity index (χ3n) is 11.2. The number of anilines is 3. The second kappa shape index (κ2) is 14.2. The Balaban J connectivity index is 1.27. The van der Waals surface area contributed by atoms with Crippen LogP contribution in [0.25, 0.3) is 71.3 Å². The van der Waals surface area contributed by atoms with Gasteiger partial charge in [-0.3, -0.25) is 0 Å². The van der Waals surface area contributed by atoms with Crippen molar-refractivity contribution in [2.24, 2.45) is 0 Å². The minimum absolute atomic E-state index is 0.333. The van der Waals surface area contributed by atoms with E-state index in [9.17, 15) is 26.3 Å². The molecular formula is C52H32F6N2. The van der Waals surface area contributed by atoms with Crippen molar-refractivity contribution in [1.29, 1.82) is 0 Å². The molecule has 1 heterocycles. The van der Waals surface area contributed by atoms with Crippen molar-refractivity contribution < 1.29 is 26.3 Å². The number of halogens is 6. The van der Waals surface area contributed by atoms with Crippen LogP contribution in [-0.2, 0) is 12.4 Å². The van der Waals surface area contributed by atoms with Crippen LogP contribution in [-0.4, -0.2) is 4.57 Å². The molecule has 0 bridgehead atoms. The lowest BCUT2D eigenvalue weighted by Crippen LogP contribution is -2.10. The van der Waals surface area contributed by atoms with Crippen LogP contribution >= 0.6 is 0 Å². The van der Waals surface area contributed by atoms with E-state index in [0.717, 1.165) is 63.1 Å². The number of aromatic nitrogens is 1. The molecule has 0 radical (unpaired) electrons. The Morgan fingerprint density at radius 2 is 0.800 bits per heavy atom. The van der Waals surface area contributed by atoms with Crippen LogP contribution < -0.4 is 4.90 Å². The Bertz CT molecular complexity index is 3240. The first kappa shape index (κ1) is 37.0. The zero-order chi connectivity index (χ0) is 41.2. The molecule has 9 aromatic carbocycles. The monoisotopic (exact) mass is 798 g/mol. The van der Waals surface area contributed by atoms with E-state index in [2.05, 4.69) is 51.9 Å². The maximum absolute atomic E-state index is 14.3. The van der Waals surface area contributed by atoms with E-state index in [4.69, 9.17) is 0 Å². The van der Waals surface area contributed by atoms with Crippen LogP contribution in [0.4, 0.5) is 43.4 Å². The van der Waals surface area contributed by atoms with Crippen molar-refractivity contribution in [3.63, 3.8) is 0 Å². The molecule has 0 unspecified atom stereocenters. The summed E-state index contributed by atoms with van der Waals surface area (Å²) in [6.45, 7) is 0. The second-order valence-electron chi connectivity index (χ2n) is 14.7. The summed E-state index contributed by atoms with van der Waals surface area (Å²) in [5.41, 5.74) is 5.64. The summed E-state index contributed by atoms with van der Waals surface area (Å²) >= 11 is 0. The quantitative estimate of drug-likeness (QED) is 0.120. The van der Waals surface area contributed by atoms with Gasteiger partial charge in [0.25, 0.3) is 0 Å². The van der Waals surface area contributed by atoms with Crippen LogP contribution in [0.1, 0.15) is 11.1 Å². The maximum atomic E-state index is 14.3. The molecule has 1 aromatic heterocycles. The van der Waals surface area contributed by atoms with Crippen LogP contribution in [0.3, 0.4) is 0 Å². The molecule has 0 aliphatic rings. The predicted molar refractivity (Wildman–Crippen MR) is 231 cm³/mol. The van der Waals surface area contributed by atoms with Crippen molar-refractivity contribution in [3.8, 4) is 27.9 Å². The Morgan fingerprint density at radius 3 is 1.40 bits per heavy atom. The molecule has 2 nitrogen and oxygen atoms in total. The molecule has 10 aromatic rings. The van der Waals surface area contributed by atoms with Gasteiger partial charge in [-0.15, -0.1) is 0 Å². The van der Waals surface area contributed by atoms with E-state index >= 15 is 0 Å². The Morgan fingerprint density at radius 1 is 0.333 bits per heavy atom. The highest BCUT2D eigenvalue weighted by atomic mass is 19.4. The van der Waals surface area contributed by atoms with Crippen LogP contribution in [0.15, 0.2) is 194 Å². The first-order valence-electron chi connectivity index (χ1n) is 19.3. The SMILES string of the molecule is FC(F)(F)c1cccc(-c2c3ccccc3c(-c3cccc(C(F)(F)F)c3)c3cc(N(c4ccccc4)c4ccc5c(c4)c4ccccc4n5-c4ccccc4)ccc23)c1. The van der Waals surface area contributed by atoms with Gasteiger partial charge in [0, 0.05) is 33.5 Å². The molecule has 0 spiro atoms. The third-order valence-corrected chi connectivity index (χ3v) is 11.2. The minimum Gasteiger partial charge on any atom is -0.310 e. The Hall–Kier alpha value is -7.32. The largest absolute Gasteiger partial charge is 0.416 e. The second-order valence-corrected chi connectivity index (χ2v) is 14.7. The molecule has 292 valence electrons. The fourth-order valence-electron chi connectivity index (χ4n) is 8.61. The van der Waals surface area contributed by atoms with Crippen LogP contribution in [0, 0.1) is 0 Å². The normalized spacial score (nSPS) is 12.2. The molecule has 0 aliphatic carbocycles. The standard InChI is InChI=1S/C52H32F6N2/c53-51(54,55)35-15-11-13-33(29-35)49-42-22-7-8-23-43(42)50(34-14-12-16-36(30-34)52(56,57)58)46-32-39(25-27-44(46)49)59(37-17-3-1-4-18-37)40-26-28-48-45(31-40)41-21-9-10-24-47(41)60(48)38-19-5-2-6-20-38/h1-32H. The van der Waals surface area contributed by atoms with Gasteiger partial charge in [-0.05, 0) is 129 Å². The molecule has 0 fully saturated rings. The number of hydrogen-bond acceptors (Lipinski definition) is 1. The molecule has 0 N–H and O–H groups in total. The van der Waals surface area contributed by atoms with Gasteiger partial charge in [0.05, 0.1) is 22.2 Å². The van der Waals surface area contributed by atoms with Crippen LogP contribution in [0.2, 0.25) is 0 Å². The van der Waals surface area contributed by atoms with E-state index in [0.29, 0.717) is 49.5 Å². The highest BCUT2D eigenvalue weighted by Crippen LogP contribution is 2.48. The number of para-hydroxylation sites is 3. The average Bonchev–Trinajstić information content (AvgIpc) is 3.59. The van der Waals surface area contributed by atoms with Crippen LogP contribution in [0.5, 0.6) is 0 Å². The lowest BCUT2D eigenvalue weighted by atomic mass is 9.85. The molecule has 0 amide bonds. The zero-order valence-corrected chi connectivity index (χ0v) is 31.6. The van der Waals surface area contributed by atoms with Crippen molar-refractivity contribution in [2.45, 2.75) is 12.4 Å². The molecule has 0 atom stereocenters. The maximum Gasteiger partial charge on any atom is 0.416 e. The van der Waals surface area contributed by atoms with Crippen molar-refractivity contribution in [2.75, 3.05) is 4.90 Å². The summed E-state index contributed by atoms with van der Waals surface area (Å²) in [6, 6.07) is 57.9. The van der Waals surface area contributed by atoms with Gasteiger partial charge in [-0.25, -0.2) is 0 Å². The molecule has 0 saturated carbocycles. The van der Waals surface area contributed by atoms with Gasteiger partial charge < -0.3 is 9.47 Å². The highest BCUT2D eigenvalue weighted by molar-refractivity contribution is 6.22. The van der Waals surface area contributed by atoms with Crippen molar-refractivity contribution >= 4 is 60.4 Å². The van der Waals surface area contributed by atoms with Gasteiger partial charge >= 0.3 is 12.4 Å². The smallest absolute Gasteiger partial charge is 0.310 e. The van der Waals surface area contributed by atoms with Gasteiger partial charge in [0.1, 0.15) is 0 Å². The molecular weight excluding hydrogens is 767 g/mol. The summed E-state index contributed by atoms with van der Waals surface area (Å²) in [5, 5.41) is 4.49. The summed E-state index contributed by atoms with van der Waals surface area (Å²) < 4.78 is 87.6. The number of rotatable bonds is 6. The Kier molecular flexibility index (Phi) is 8.75. The highest BCUT2D eigenvalue weighted by Gasteiger charge is 2.32. The Labute approximate surface area is 340 Å². The van der Waals surface area contributed by atoms with Gasteiger partial charge in [0.15, 0.2) is 0 Å². The van der Waals surface area contributed by atoms with E-state index in [1.165, 1.54) is 12.1 Å². The number of hydrogen-bond donors (Lipinski definition) is 0. The minimum atomic E-state index is -4.60.